The maximum Gasteiger partial charge on any atom is 0.109 e. The van der Waals surface area contributed by atoms with Crippen LogP contribution in [0.1, 0.15) is 32.4 Å². The summed E-state index contributed by atoms with van der Waals surface area (Å²) in [5, 5.41) is 10.7. The Balaban J connectivity index is 2.93. The lowest BCUT2D eigenvalue weighted by molar-refractivity contribution is -0.0983. The molecule has 0 aliphatic heterocycles. The quantitative estimate of drug-likeness (QED) is 0.858. The van der Waals surface area contributed by atoms with Gasteiger partial charge in [-0.25, -0.2) is 0 Å². The molecule has 1 N–H and O–H groups in total. The molecule has 0 spiro atoms. The van der Waals surface area contributed by atoms with E-state index in [4.69, 9.17) is 16.3 Å². The summed E-state index contributed by atoms with van der Waals surface area (Å²) in [6, 6.07) is 7.27. The molecule has 0 aromatic heterocycles. The Morgan fingerprint density at radius 3 is 2.53 bits per heavy atom. The highest BCUT2D eigenvalue weighted by atomic mass is 35.5. The van der Waals surface area contributed by atoms with Crippen LogP contribution in [0.4, 0.5) is 0 Å². The van der Waals surface area contributed by atoms with Gasteiger partial charge in [0.25, 0.3) is 0 Å². The van der Waals surface area contributed by atoms with Gasteiger partial charge in [-0.1, -0.05) is 29.8 Å². The van der Waals surface area contributed by atoms with Crippen LogP contribution in [0.15, 0.2) is 24.3 Å². The van der Waals surface area contributed by atoms with Gasteiger partial charge >= 0.3 is 0 Å². The third-order valence-corrected chi connectivity index (χ3v) is 2.72. The summed E-state index contributed by atoms with van der Waals surface area (Å²) in [6.07, 6.45) is -0.717. The minimum Gasteiger partial charge on any atom is -0.385 e. The molecule has 84 valence electrons. The Bertz CT molecular complexity index is 323. The first kappa shape index (κ1) is 12.5. The van der Waals surface area contributed by atoms with Gasteiger partial charge in [-0.05, 0) is 26.8 Å². The zero-order valence-corrected chi connectivity index (χ0v) is 10.1. The second kappa shape index (κ2) is 4.97. The largest absolute Gasteiger partial charge is 0.385 e. The first-order valence-corrected chi connectivity index (χ1v) is 5.43. The summed E-state index contributed by atoms with van der Waals surface area (Å²) < 4.78 is 5.49. The molecule has 0 saturated carbocycles. The van der Waals surface area contributed by atoms with E-state index in [1.54, 1.807) is 6.07 Å². The number of benzene rings is 1. The molecule has 2 nitrogen and oxygen atoms in total. The minimum absolute atomic E-state index is 0.564. The van der Waals surface area contributed by atoms with Crippen molar-refractivity contribution in [1.29, 1.82) is 0 Å². The molecule has 0 saturated heterocycles. The molecule has 0 aliphatic rings. The van der Waals surface area contributed by atoms with E-state index in [-0.39, 0.29) is 0 Å². The van der Waals surface area contributed by atoms with Crippen molar-refractivity contribution in [2.24, 2.45) is 0 Å². The summed E-state index contributed by atoms with van der Waals surface area (Å²) in [7, 11) is 0. The Morgan fingerprint density at radius 1 is 1.40 bits per heavy atom. The minimum atomic E-state index is -0.717. The normalized spacial score (nSPS) is 13.9. The molecule has 15 heavy (non-hydrogen) atoms. The van der Waals surface area contributed by atoms with E-state index in [9.17, 15) is 5.11 Å². The SMILES string of the molecule is CCOC(C)(C)C(O)c1ccccc1Cl. The van der Waals surface area contributed by atoms with E-state index in [0.29, 0.717) is 17.2 Å². The zero-order chi connectivity index (χ0) is 11.5. The molecule has 0 amide bonds. The maximum absolute atomic E-state index is 10.2. The molecule has 1 aromatic carbocycles. The summed E-state index contributed by atoms with van der Waals surface area (Å²) in [4.78, 5) is 0. The molecular formula is C12H17ClO2. The molecule has 0 fully saturated rings. The highest BCUT2D eigenvalue weighted by Gasteiger charge is 2.30. The predicted octanol–water partition coefficient (Wildman–Crippen LogP) is 3.19. The van der Waals surface area contributed by atoms with Crippen LogP contribution in [0, 0.1) is 0 Å². The van der Waals surface area contributed by atoms with Crippen LogP contribution in [0.5, 0.6) is 0 Å². The van der Waals surface area contributed by atoms with Crippen molar-refractivity contribution in [3.05, 3.63) is 34.9 Å². The monoisotopic (exact) mass is 228 g/mol. The van der Waals surface area contributed by atoms with Crippen molar-refractivity contribution in [2.75, 3.05) is 6.61 Å². The summed E-state index contributed by atoms with van der Waals surface area (Å²) >= 11 is 6.01. The lowest BCUT2D eigenvalue weighted by atomic mass is 9.94. The van der Waals surface area contributed by atoms with Gasteiger partial charge in [0, 0.05) is 17.2 Å². The number of hydrogen-bond donors (Lipinski definition) is 1. The Hall–Kier alpha value is -0.570. The van der Waals surface area contributed by atoms with Gasteiger partial charge < -0.3 is 9.84 Å². The van der Waals surface area contributed by atoms with Gasteiger partial charge in [-0.15, -0.1) is 0 Å². The van der Waals surface area contributed by atoms with Crippen LogP contribution in [-0.4, -0.2) is 17.3 Å². The van der Waals surface area contributed by atoms with Crippen molar-refractivity contribution in [2.45, 2.75) is 32.5 Å². The second-order valence-electron chi connectivity index (χ2n) is 3.96. The number of rotatable bonds is 4. The maximum atomic E-state index is 10.2. The van der Waals surface area contributed by atoms with E-state index in [1.165, 1.54) is 0 Å². The Morgan fingerprint density at radius 2 is 2.00 bits per heavy atom. The van der Waals surface area contributed by atoms with Crippen molar-refractivity contribution >= 4 is 11.6 Å². The number of halogens is 1. The van der Waals surface area contributed by atoms with Gasteiger partial charge in [0.2, 0.25) is 0 Å². The number of ether oxygens (including phenoxy) is 1. The van der Waals surface area contributed by atoms with Crippen LogP contribution in [0.2, 0.25) is 5.02 Å². The molecule has 3 heteroatoms. The zero-order valence-electron chi connectivity index (χ0n) is 9.33. The van der Waals surface area contributed by atoms with E-state index < -0.39 is 11.7 Å². The fraction of sp³-hybridized carbons (Fsp3) is 0.500. The first-order chi connectivity index (χ1) is 6.99. The molecule has 0 bridgehead atoms. The van der Waals surface area contributed by atoms with Crippen molar-refractivity contribution < 1.29 is 9.84 Å². The summed E-state index contributed by atoms with van der Waals surface area (Å²) in [5.74, 6) is 0. The average Bonchev–Trinajstić information content (AvgIpc) is 2.17. The highest BCUT2D eigenvalue weighted by Crippen LogP contribution is 2.32. The van der Waals surface area contributed by atoms with Crippen LogP contribution >= 0.6 is 11.6 Å². The van der Waals surface area contributed by atoms with E-state index in [0.717, 1.165) is 0 Å². The average molecular weight is 229 g/mol. The molecule has 1 rings (SSSR count). The van der Waals surface area contributed by atoms with Crippen molar-refractivity contribution in [3.63, 3.8) is 0 Å². The van der Waals surface area contributed by atoms with Crippen LogP contribution in [0.25, 0.3) is 0 Å². The Labute approximate surface area is 95.8 Å². The standard InChI is InChI=1S/C12H17ClO2/c1-4-15-12(2,3)11(14)9-7-5-6-8-10(9)13/h5-8,11,14H,4H2,1-3H3. The number of hydrogen-bond acceptors (Lipinski definition) is 2. The molecule has 1 atom stereocenters. The third-order valence-electron chi connectivity index (χ3n) is 2.37. The van der Waals surface area contributed by atoms with Gasteiger partial charge in [-0.2, -0.15) is 0 Å². The van der Waals surface area contributed by atoms with Gasteiger partial charge in [0.1, 0.15) is 6.10 Å². The number of aliphatic hydroxyl groups excluding tert-OH is 1. The van der Waals surface area contributed by atoms with Gasteiger partial charge in [0.15, 0.2) is 0 Å². The fourth-order valence-electron chi connectivity index (χ4n) is 1.52. The predicted molar refractivity (Wildman–Crippen MR) is 62.1 cm³/mol. The van der Waals surface area contributed by atoms with E-state index >= 15 is 0 Å². The smallest absolute Gasteiger partial charge is 0.109 e. The molecule has 1 aromatic rings. The van der Waals surface area contributed by atoms with Crippen LogP contribution in [0.3, 0.4) is 0 Å². The second-order valence-corrected chi connectivity index (χ2v) is 4.37. The van der Waals surface area contributed by atoms with Gasteiger partial charge in [-0.3, -0.25) is 0 Å². The third kappa shape index (κ3) is 2.94. The van der Waals surface area contributed by atoms with Crippen molar-refractivity contribution in [1.82, 2.24) is 0 Å². The molecule has 1 unspecified atom stereocenters. The molecular weight excluding hydrogens is 212 g/mol. The molecule has 0 heterocycles. The lowest BCUT2D eigenvalue weighted by Gasteiger charge is -2.31. The van der Waals surface area contributed by atoms with E-state index in [2.05, 4.69) is 0 Å². The summed E-state index contributed by atoms with van der Waals surface area (Å²) in [5.41, 5.74) is 0.0809. The van der Waals surface area contributed by atoms with Crippen LogP contribution < -0.4 is 0 Å². The fourth-order valence-corrected chi connectivity index (χ4v) is 1.76. The topological polar surface area (TPSA) is 29.5 Å². The first-order valence-electron chi connectivity index (χ1n) is 5.05. The summed E-state index contributed by atoms with van der Waals surface area (Å²) in [6.45, 7) is 6.17. The lowest BCUT2D eigenvalue weighted by Crippen LogP contribution is -2.32. The number of aliphatic hydroxyl groups is 1. The molecule has 0 radical (unpaired) electrons. The molecule has 0 aliphatic carbocycles. The van der Waals surface area contributed by atoms with Gasteiger partial charge in [0.05, 0.1) is 5.60 Å². The van der Waals surface area contributed by atoms with E-state index in [1.807, 2.05) is 39.0 Å². The van der Waals surface area contributed by atoms with Crippen molar-refractivity contribution in [3.8, 4) is 0 Å². The Kier molecular flexibility index (Phi) is 4.14. The van der Waals surface area contributed by atoms with Crippen LogP contribution in [-0.2, 0) is 4.74 Å². The highest BCUT2D eigenvalue weighted by molar-refractivity contribution is 6.31.